The molecule has 0 radical (unpaired) electrons. The Kier molecular flexibility index (Phi) is 4.90. The minimum atomic E-state index is -4.29. The Labute approximate surface area is 121 Å². The molecule has 1 N–H and O–H groups in total. The maximum atomic E-state index is 12.0. The summed E-state index contributed by atoms with van der Waals surface area (Å²) < 4.78 is 46.4. The topological polar surface area (TPSA) is 34.4 Å². The van der Waals surface area contributed by atoms with E-state index in [0.717, 1.165) is 16.5 Å². The van der Waals surface area contributed by atoms with Crippen LogP contribution in [0.5, 0.6) is 0 Å². The van der Waals surface area contributed by atoms with Gasteiger partial charge in [0.05, 0.1) is 6.04 Å². The molecule has 0 aliphatic carbocycles. The van der Waals surface area contributed by atoms with E-state index in [1.54, 1.807) is 7.05 Å². The number of aryl methyl sites for hydroxylation is 1. The highest BCUT2D eigenvalue weighted by Gasteiger charge is 2.27. The van der Waals surface area contributed by atoms with Crippen LogP contribution in [0, 0.1) is 6.92 Å². The van der Waals surface area contributed by atoms with Crippen molar-refractivity contribution in [3.8, 4) is 0 Å². The Morgan fingerprint density at radius 1 is 1.29 bits per heavy atom. The average Bonchev–Trinajstić information content (AvgIpc) is 2.80. The van der Waals surface area contributed by atoms with Gasteiger partial charge in [-0.2, -0.15) is 13.2 Å². The number of furan rings is 1. The molecule has 1 heterocycles. The van der Waals surface area contributed by atoms with Crippen LogP contribution >= 0.6 is 0 Å². The second-order valence-electron chi connectivity index (χ2n) is 4.99. The first-order valence-corrected chi connectivity index (χ1v) is 6.71. The first-order chi connectivity index (χ1) is 9.89. The van der Waals surface area contributed by atoms with Crippen LogP contribution in [0.2, 0.25) is 0 Å². The summed E-state index contributed by atoms with van der Waals surface area (Å²) in [6.07, 6.45) is -3.88. The van der Waals surface area contributed by atoms with Crippen LogP contribution in [0.1, 0.15) is 23.8 Å². The third-order valence-corrected chi connectivity index (χ3v) is 3.20. The van der Waals surface area contributed by atoms with Gasteiger partial charge in [0, 0.05) is 12.0 Å². The van der Waals surface area contributed by atoms with E-state index in [4.69, 9.17) is 4.42 Å². The molecule has 0 aliphatic heterocycles. The summed E-state index contributed by atoms with van der Waals surface area (Å²) in [6, 6.07) is 7.59. The van der Waals surface area contributed by atoms with Crippen LogP contribution in [0.4, 0.5) is 13.2 Å². The molecule has 0 fully saturated rings. The molecule has 0 saturated heterocycles. The predicted molar refractivity (Wildman–Crippen MR) is 74.2 cm³/mol. The van der Waals surface area contributed by atoms with Gasteiger partial charge in [-0.15, -0.1) is 0 Å². The van der Waals surface area contributed by atoms with Crippen molar-refractivity contribution in [1.29, 1.82) is 0 Å². The average molecular weight is 301 g/mol. The molecule has 0 bridgehead atoms. The first kappa shape index (κ1) is 15.9. The highest BCUT2D eigenvalue weighted by atomic mass is 19.4. The third-order valence-electron chi connectivity index (χ3n) is 3.20. The van der Waals surface area contributed by atoms with Gasteiger partial charge in [-0.1, -0.05) is 11.6 Å². The van der Waals surface area contributed by atoms with Crippen LogP contribution in [0.15, 0.2) is 28.7 Å². The Hall–Kier alpha value is -1.53. The van der Waals surface area contributed by atoms with Crippen LogP contribution in [0.3, 0.4) is 0 Å². The van der Waals surface area contributed by atoms with Gasteiger partial charge in [-0.05, 0) is 38.6 Å². The van der Waals surface area contributed by atoms with Crippen molar-refractivity contribution in [1.82, 2.24) is 5.32 Å². The Bertz CT molecular complexity index is 592. The van der Waals surface area contributed by atoms with Crippen molar-refractivity contribution >= 4 is 11.0 Å². The Morgan fingerprint density at radius 2 is 2.05 bits per heavy atom. The largest absolute Gasteiger partial charge is 0.459 e. The van der Waals surface area contributed by atoms with Gasteiger partial charge in [-0.3, -0.25) is 0 Å². The molecule has 0 amide bonds. The summed E-state index contributed by atoms with van der Waals surface area (Å²) in [6.45, 7) is 0.788. The molecule has 2 aromatic rings. The summed E-state index contributed by atoms with van der Waals surface area (Å²) in [7, 11) is 1.74. The smallest absolute Gasteiger partial charge is 0.411 e. The van der Waals surface area contributed by atoms with Gasteiger partial charge in [0.25, 0.3) is 0 Å². The van der Waals surface area contributed by atoms with Crippen LogP contribution in [-0.2, 0) is 4.74 Å². The van der Waals surface area contributed by atoms with E-state index in [9.17, 15) is 13.2 Å². The van der Waals surface area contributed by atoms with Crippen LogP contribution in [-0.4, -0.2) is 26.4 Å². The number of alkyl halides is 3. The lowest BCUT2D eigenvalue weighted by Crippen LogP contribution is -2.21. The number of hydrogen-bond acceptors (Lipinski definition) is 3. The highest BCUT2D eigenvalue weighted by Crippen LogP contribution is 2.26. The molecule has 0 spiro atoms. The molecule has 1 atom stereocenters. The molecular formula is C15H18F3NO2. The normalized spacial score (nSPS) is 13.8. The van der Waals surface area contributed by atoms with E-state index < -0.39 is 12.8 Å². The van der Waals surface area contributed by atoms with Crippen molar-refractivity contribution in [3.05, 3.63) is 35.6 Å². The zero-order chi connectivity index (χ0) is 15.5. The lowest BCUT2D eigenvalue weighted by atomic mass is 10.1. The Balaban J connectivity index is 1.99. The molecule has 2 rings (SSSR count). The van der Waals surface area contributed by atoms with Crippen molar-refractivity contribution in [2.45, 2.75) is 25.6 Å². The number of halogens is 3. The van der Waals surface area contributed by atoms with Gasteiger partial charge < -0.3 is 14.5 Å². The fourth-order valence-electron chi connectivity index (χ4n) is 2.17. The van der Waals surface area contributed by atoms with Crippen molar-refractivity contribution in [2.75, 3.05) is 20.3 Å². The molecule has 0 saturated carbocycles. The summed E-state index contributed by atoms with van der Waals surface area (Å²) in [5.74, 6) is 0.703. The minimum absolute atomic E-state index is 0.0150. The minimum Gasteiger partial charge on any atom is -0.459 e. The molecular weight excluding hydrogens is 283 g/mol. The Morgan fingerprint density at radius 3 is 2.71 bits per heavy atom. The second-order valence-corrected chi connectivity index (χ2v) is 4.99. The van der Waals surface area contributed by atoms with Gasteiger partial charge in [0.2, 0.25) is 0 Å². The van der Waals surface area contributed by atoms with Crippen molar-refractivity contribution in [3.63, 3.8) is 0 Å². The lowest BCUT2D eigenvalue weighted by Gasteiger charge is -2.14. The van der Waals surface area contributed by atoms with E-state index >= 15 is 0 Å². The summed E-state index contributed by atoms with van der Waals surface area (Å²) in [5, 5.41) is 4.02. The van der Waals surface area contributed by atoms with Crippen LogP contribution in [0.25, 0.3) is 11.0 Å². The van der Waals surface area contributed by atoms with E-state index in [0.29, 0.717) is 12.2 Å². The van der Waals surface area contributed by atoms with Crippen molar-refractivity contribution < 1.29 is 22.3 Å². The van der Waals surface area contributed by atoms with E-state index in [2.05, 4.69) is 10.1 Å². The van der Waals surface area contributed by atoms with E-state index in [1.807, 2.05) is 31.2 Å². The summed E-state index contributed by atoms with van der Waals surface area (Å²) in [4.78, 5) is 0. The number of hydrogen-bond donors (Lipinski definition) is 1. The molecule has 1 unspecified atom stereocenters. The molecule has 1 aromatic carbocycles. The second kappa shape index (κ2) is 6.49. The van der Waals surface area contributed by atoms with Gasteiger partial charge in [-0.25, -0.2) is 0 Å². The number of nitrogens with one attached hydrogen (secondary N) is 1. The van der Waals surface area contributed by atoms with Crippen LogP contribution < -0.4 is 5.32 Å². The number of ether oxygens (including phenoxy) is 1. The zero-order valence-electron chi connectivity index (χ0n) is 12.0. The van der Waals surface area contributed by atoms with E-state index in [1.165, 1.54) is 0 Å². The lowest BCUT2D eigenvalue weighted by molar-refractivity contribution is -0.174. The summed E-state index contributed by atoms with van der Waals surface area (Å²) >= 11 is 0. The van der Waals surface area contributed by atoms with Gasteiger partial charge >= 0.3 is 6.18 Å². The van der Waals surface area contributed by atoms with Gasteiger partial charge in [0.15, 0.2) is 0 Å². The fraction of sp³-hybridized carbons (Fsp3) is 0.467. The third kappa shape index (κ3) is 4.47. The SMILES string of the molecule is CNC(CCOCC(F)(F)F)c1cc2cc(C)ccc2o1. The van der Waals surface area contributed by atoms with Crippen molar-refractivity contribution in [2.24, 2.45) is 0 Å². The molecule has 0 aliphatic rings. The maximum absolute atomic E-state index is 12.0. The molecule has 21 heavy (non-hydrogen) atoms. The predicted octanol–water partition coefficient (Wildman–Crippen LogP) is 3.97. The molecule has 1 aromatic heterocycles. The van der Waals surface area contributed by atoms with Gasteiger partial charge in [0.1, 0.15) is 18.0 Å². The maximum Gasteiger partial charge on any atom is 0.411 e. The molecule has 3 nitrogen and oxygen atoms in total. The fourth-order valence-corrected chi connectivity index (χ4v) is 2.17. The molecule has 6 heteroatoms. The first-order valence-electron chi connectivity index (χ1n) is 6.71. The highest BCUT2D eigenvalue weighted by molar-refractivity contribution is 5.78. The molecule has 116 valence electrons. The summed E-state index contributed by atoms with van der Waals surface area (Å²) in [5.41, 5.74) is 1.90. The number of benzene rings is 1. The van der Waals surface area contributed by atoms with E-state index in [-0.39, 0.29) is 12.6 Å². The quantitative estimate of drug-likeness (QED) is 0.820. The standard InChI is InChI=1S/C15H18F3NO2/c1-10-3-4-13-11(7-10)8-14(21-13)12(19-2)5-6-20-9-15(16,17)18/h3-4,7-8,12,19H,5-6,9H2,1-2H3. The zero-order valence-corrected chi connectivity index (χ0v) is 12.0. The monoisotopic (exact) mass is 301 g/mol. The number of fused-ring (bicyclic) bond motifs is 1. The number of rotatable bonds is 6.